The molecule has 0 heterocycles. The fourth-order valence-corrected chi connectivity index (χ4v) is 2.09. The molecular weight excluding hydrogens is 314 g/mol. The van der Waals surface area contributed by atoms with Crippen molar-refractivity contribution in [1.29, 1.82) is 0 Å². The molecule has 0 saturated carbocycles. The number of aliphatic carboxylic acids is 1. The van der Waals surface area contributed by atoms with Gasteiger partial charge in [-0.3, -0.25) is 4.79 Å². The van der Waals surface area contributed by atoms with Gasteiger partial charge in [-0.15, -0.1) is 0 Å². The first kappa shape index (κ1) is 15.8. The van der Waals surface area contributed by atoms with Crippen LogP contribution >= 0.6 is 15.9 Å². The second-order valence-electron chi connectivity index (χ2n) is 4.05. The first-order valence-corrected chi connectivity index (χ1v) is 6.79. The molecule has 0 aliphatic rings. The maximum atomic E-state index is 10.9. The van der Waals surface area contributed by atoms with Gasteiger partial charge < -0.3 is 20.3 Å². The summed E-state index contributed by atoms with van der Waals surface area (Å²) in [7, 11) is 1.50. The van der Waals surface area contributed by atoms with Crippen LogP contribution in [0.1, 0.15) is 31.4 Å². The van der Waals surface area contributed by atoms with Gasteiger partial charge in [-0.2, -0.15) is 0 Å². The van der Waals surface area contributed by atoms with Crippen LogP contribution in [-0.2, 0) is 4.79 Å². The summed E-state index contributed by atoms with van der Waals surface area (Å²) in [4.78, 5) is 10.9. The van der Waals surface area contributed by atoms with Gasteiger partial charge in [-0.05, 0) is 40.0 Å². The van der Waals surface area contributed by atoms with Crippen LogP contribution < -0.4 is 15.2 Å². The van der Waals surface area contributed by atoms with Gasteiger partial charge in [-0.25, -0.2) is 0 Å². The molecule has 5 nitrogen and oxygen atoms in total. The Labute approximate surface area is 120 Å². The number of halogens is 1. The molecule has 1 aromatic carbocycles. The molecule has 0 bridgehead atoms. The van der Waals surface area contributed by atoms with E-state index in [4.69, 9.17) is 20.3 Å². The molecule has 6 heteroatoms. The van der Waals surface area contributed by atoms with E-state index < -0.39 is 12.0 Å². The van der Waals surface area contributed by atoms with Crippen molar-refractivity contribution in [2.24, 2.45) is 5.73 Å². The molecule has 0 aromatic heterocycles. The Morgan fingerprint density at radius 2 is 2.21 bits per heavy atom. The molecule has 1 atom stereocenters. The van der Waals surface area contributed by atoms with Crippen molar-refractivity contribution in [1.82, 2.24) is 0 Å². The summed E-state index contributed by atoms with van der Waals surface area (Å²) in [5, 5.41) is 8.92. The number of hydrogen-bond donors (Lipinski definition) is 2. The number of unbranched alkanes of at least 4 members (excludes halogenated alkanes) is 1. The number of ether oxygens (including phenoxy) is 2. The van der Waals surface area contributed by atoms with E-state index in [0.29, 0.717) is 28.1 Å². The standard InChI is InChI=1S/C13H18BrNO4/c1-3-4-5-19-12-9(14)6-8(7-10(12)18-2)11(15)13(16)17/h6-7,11H,3-5,15H2,1-2H3,(H,16,17). The van der Waals surface area contributed by atoms with Crippen LogP contribution in [0.25, 0.3) is 0 Å². The highest BCUT2D eigenvalue weighted by Crippen LogP contribution is 2.38. The summed E-state index contributed by atoms with van der Waals surface area (Å²) < 4.78 is 11.5. The summed E-state index contributed by atoms with van der Waals surface area (Å²) in [5.41, 5.74) is 6.04. The van der Waals surface area contributed by atoms with Crippen LogP contribution in [0.4, 0.5) is 0 Å². The molecule has 106 valence electrons. The predicted molar refractivity (Wildman–Crippen MR) is 75.7 cm³/mol. The highest BCUT2D eigenvalue weighted by molar-refractivity contribution is 9.10. The first-order chi connectivity index (χ1) is 9.01. The number of hydrogen-bond acceptors (Lipinski definition) is 4. The van der Waals surface area contributed by atoms with Gasteiger partial charge in [0.05, 0.1) is 18.2 Å². The molecule has 1 rings (SSSR count). The molecule has 3 N–H and O–H groups in total. The molecule has 19 heavy (non-hydrogen) atoms. The Kier molecular flexibility index (Phi) is 6.11. The van der Waals surface area contributed by atoms with Crippen molar-refractivity contribution in [3.8, 4) is 11.5 Å². The summed E-state index contributed by atoms with van der Waals surface area (Å²) in [6.07, 6.45) is 1.97. The lowest BCUT2D eigenvalue weighted by molar-refractivity contribution is -0.138. The molecular formula is C13H18BrNO4. The zero-order valence-corrected chi connectivity index (χ0v) is 12.6. The van der Waals surface area contributed by atoms with Gasteiger partial charge >= 0.3 is 5.97 Å². The number of carboxylic acid groups (broad SMARTS) is 1. The maximum absolute atomic E-state index is 10.9. The minimum Gasteiger partial charge on any atom is -0.493 e. The Hall–Kier alpha value is -1.27. The van der Waals surface area contributed by atoms with E-state index >= 15 is 0 Å². The van der Waals surface area contributed by atoms with Gasteiger partial charge in [0.25, 0.3) is 0 Å². The van der Waals surface area contributed by atoms with Crippen molar-refractivity contribution in [3.63, 3.8) is 0 Å². The average Bonchev–Trinajstić information content (AvgIpc) is 2.39. The first-order valence-electron chi connectivity index (χ1n) is 5.99. The zero-order chi connectivity index (χ0) is 14.4. The molecule has 0 aliphatic carbocycles. The molecule has 1 aromatic rings. The van der Waals surface area contributed by atoms with E-state index in [1.807, 2.05) is 0 Å². The quantitative estimate of drug-likeness (QED) is 0.750. The minimum absolute atomic E-state index is 0.457. The van der Waals surface area contributed by atoms with Crippen LogP contribution in [-0.4, -0.2) is 24.8 Å². The van der Waals surface area contributed by atoms with E-state index in [2.05, 4.69) is 22.9 Å². The number of carbonyl (C=O) groups is 1. The van der Waals surface area contributed by atoms with E-state index in [1.165, 1.54) is 7.11 Å². The molecule has 0 fully saturated rings. The van der Waals surface area contributed by atoms with Crippen molar-refractivity contribution < 1.29 is 19.4 Å². The second kappa shape index (κ2) is 7.35. The Bertz CT molecular complexity index is 451. The smallest absolute Gasteiger partial charge is 0.325 e. The van der Waals surface area contributed by atoms with Crippen LogP contribution in [0.5, 0.6) is 11.5 Å². The van der Waals surface area contributed by atoms with Gasteiger partial charge in [0.2, 0.25) is 0 Å². The summed E-state index contributed by atoms with van der Waals surface area (Å²) >= 11 is 3.35. The SMILES string of the molecule is CCCCOc1c(Br)cc(C(N)C(=O)O)cc1OC. The summed E-state index contributed by atoms with van der Waals surface area (Å²) in [5.74, 6) is -0.0527. The van der Waals surface area contributed by atoms with E-state index in [9.17, 15) is 4.79 Å². The topological polar surface area (TPSA) is 81.8 Å². The van der Waals surface area contributed by atoms with Gasteiger partial charge in [0, 0.05) is 0 Å². The van der Waals surface area contributed by atoms with Crippen LogP contribution in [0.15, 0.2) is 16.6 Å². The largest absolute Gasteiger partial charge is 0.493 e. The van der Waals surface area contributed by atoms with E-state index in [1.54, 1.807) is 12.1 Å². The highest BCUT2D eigenvalue weighted by atomic mass is 79.9. The zero-order valence-electron chi connectivity index (χ0n) is 11.0. The normalized spacial score (nSPS) is 12.0. The third-order valence-corrected chi connectivity index (χ3v) is 3.21. The van der Waals surface area contributed by atoms with Gasteiger partial charge in [-0.1, -0.05) is 13.3 Å². The number of benzene rings is 1. The third-order valence-electron chi connectivity index (χ3n) is 2.62. The van der Waals surface area contributed by atoms with Crippen molar-refractivity contribution in [2.45, 2.75) is 25.8 Å². The minimum atomic E-state index is -1.09. The fourth-order valence-electron chi connectivity index (χ4n) is 1.52. The number of methoxy groups -OCH3 is 1. The lowest BCUT2D eigenvalue weighted by Crippen LogP contribution is -2.20. The van der Waals surface area contributed by atoms with Crippen LogP contribution in [0.3, 0.4) is 0 Å². The summed E-state index contributed by atoms with van der Waals surface area (Å²) in [6, 6.07) is 2.14. The maximum Gasteiger partial charge on any atom is 0.325 e. The Morgan fingerprint density at radius 3 is 2.74 bits per heavy atom. The van der Waals surface area contributed by atoms with Crippen molar-refractivity contribution in [3.05, 3.63) is 22.2 Å². The Balaban J connectivity index is 3.04. The van der Waals surface area contributed by atoms with Gasteiger partial charge in [0.1, 0.15) is 6.04 Å². The number of rotatable bonds is 7. The molecule has 0 saturated heterocycles. The highest BCUT2D eigenvalue weighted by Gasteiger charge is 2.19. The van der Waals surface area contributed by atoms with E-state index in [-0.39, 0.29) is 0 Å². The van der Waals surface area contributed by atoms with Gasteiger partial charge in [0.15, 0.2) is 11.5 Å². The predicted octanol–water partition coefficient (Wildman–Crippen LogP) is 2.72. The summed E-state index contributed by atoms with van der Waals surface area (Å²) in [6.45, 7) is 2.65. The van der Waals surface area contributed by atoms with Crippen molar-refractivity contribution >= 4 is 21.9 Å². The van der Waals surface area contributed by atoms with Crippen LogP contribution in [0.2, 0.25) is 0 Å². The lowest BCUT2D eigenvalue weighted by Gasteiger charge is -2.15. The average molecular weight is 332 g/mol. The van der Waals surface area contributed by atoms with E-state index in [0.717, 1.165) is 12.8 Å². The lowest BCUT2D eigenvalue weighted by atomic mass is 10.1. The third kappa shape index (κ3) is 4.11. The molecule has 1 unspecified atom stereocenters. The monoisotopic (exact) mass is 331 g/mol. The van der Waals surface area contributed by atoms with Crippen LogP contribution in [0, 0.1) is 0 Å². The Morgan fingerprint density at radius 1 is 1.53 bits per heavy atom. The molecule has 0 aliphatic heterocycles. The number of carboxylic acids is 1. The fraction of sp³-hybridized carbons (Fsp3) is 0.462. The molecule has 0 amide bonds. The molecule has 0 radical (unpaired) electrons. The number of nitrogens with two attached hydrogens (primary N) is 1. The van der Waals surface area contributed by atoms with Crippen molar-refractivity contribution in [2.75, 3.05) is 13.7 Å². The molecule has 0 spiro atoms. The second-order valence-corrected chi connectivity index (χ2v) is 4.91.